The number of rotatable bonds is 5. The smallest absolute Gasteiger partial charge is 0.355 e. The summed E-state index contributed by atoms with van der Waals surface area (Å²) >= 11 is 0. The fraction of sp³-hybridized carbons (Fsp3) is 0.333. The van der Waals surface area contributed by atoms with Crippen LogP contribution in [0.2, 0.25) is 0 Å². The normalized spacial score (nSPS) is 20.7. The topological polar surface area (TPSA) is 110 Å². The molecule has 0 radical (unpaired) electrons. The molecule has 1 atom stereocenters. The molecule has 26 heavy (non-hydrogen) atoms. The maximum absolute atomic E-state index is 12.4. The van der Waals surface area contributed by atoms with Crippen LogP contribution in [0.5, 0.6) is 0 Å². The minimum atomic E-state index is -0.600. The molecule has 2 aliphatic heterocycles. The van der Waals surface area contributed by atoms with E-state index in [9.17, 15) is 24.8 Å². The van der Waals surface area contributed by atoms with Gasteiger partial charge in [-0.05, 0) is 49.1 Å². The van der Waals surface area contributed by atoms with Crippen LogP contribution in [0.3, 0.4) is 0 Å². The number of hydrogen-bond donors (Lipinski definition) is 1. The molecule has 1 aromatic carbocycles. The minimum absolute atomic E-state index is 0.0398. The highest BCUT2D eigenvalue weighted by molar-refractivity contribution is 6.09. The Morgan fingerprint density at radius 3 is 2.62 bits per heavy atom. The van der Waals surface area contributed by atoms with Crippen LogP contribution in [0, 0.1) is 10.1 Å². The third-order valence-corrected chi connectivity index (χ3v) is 4.65. The van der Waals surface area contributed by atoms with Crippen molar-refractivity contribution in [2.24, 2.45) is 0 Å². The summed E-state index contributed by atoms with van der Waals surface area (Å²) in [5, 5.41) is 19.9. The summed E-state index contributed by atoms with van der Waals surface area (Å²) in [5.74, 6) is -0.877. The Hall–Kier alpha value is -3.00. The van der Waals surface area contributed by atoms with Crippen LogP contribution in [0.4, 0.5) is 5.69 Å². The average Bonchev–Trinajstić information content (AvgIpc) is 2.92. The van der Waals surface area contributed by atoms with Crippen LogP contribution in [0.15, 0.2) is 46.7 Å². The number of fused-ring (bicyclic) bond motifs is 1. The summed E-state index contributed by atoms with van der Waals surface area (Å²) in [6.45, 7) is 3.24. The Morgan fingerprint density at radius 1 is 1.38 bits per heavy atom. The third-order valence-electron chi connectivity index (χ3n) is 4.65. The van der Waals surface area contributed by atoms with Crippen LogP contribution in [0.1, 0.15) is 25.8 Å². The summed E-state index contributed by atoms with van der Waals surface area (Å²) in [6.07, 6.45) is 0.542. The minimum Gasteiger partial charge on any atom is -0.456 e. The van der Waals surface area contributed by atoms with Gasteiger partial charge in [0.1, 0.15) is 12.3 Å². The first-order chi connectivity index (χ1) is 12.3. The summed E-state index contributed by atoms with van der Waals surface area (Å²) in [7, 11) is 0. The SMILES string of the molecule is CC1=C(C(=O)OCc2ccc([N+](=O)[O-])cc2)N2C(=O)/C(=C(\C)CO)C2C1. The second-order valence-electron chi connectivity index (χ2n) is 6.38. The van der Waals surface area contributed by atoms with Gasteiger partial charge < -0.3 is 9.84 Å². The van der Waals surface area contributed by atoms with Gasteiger partial charge in [0.05, 0.1) is 17.6 Å². The van der Waals surface area contributed by atoms with E-state index in [1.54, 1.807) is 13.8 Å². The number of benzene rings is 1. The van der Waals surface area contributed by atoms with Gasteiger partial charge >= 0.3 is 5.97 Å². The van der Waals surface area contributed by atoms with Gasteiger partial charge in [-0.15, -0.1) is 0 Å². The van der Waals surface area contributed by atoms with Crippen molar-refractivity contribution in [3.63, 3.8) is 0 Å². The molecule has 1 unspecified atom stereocenters. The number of amides is 1. The number of aliphatic hydroxyl groups is 1. The molecule has 136 valence electrons. The highest BCUT2D eigenvalue weighted by Gasteiger charge is 2.51. The first-order valence-corrected chi connectivity index (χ1v) is 8.09. The number of nitrogens with zero attached hydrogens (tertiary/aromatic N) is 2. The first kappa shape index (κ1) is 17.8. The van der Waals surface area contributed by atoms with Crippen molar-refractivity contribution in [1.82, 2.24) is 4.90 Å². The van der Waals surface area contributed by atoms with Crippen molar-refractivity contribution in [2.75, 3.05) is 6.61 Å². The van der Waals surface area contributed by atoms with E-state index in [-0.39, 0.29) is 36.5 Å². The number of carbonyl (C=O) groups excluding carboxylic acids is 2. The number of carbonyl (C=O) groups is 2. The Labute approximate surface area is 149 Å². The van der Waals surface area contributed by atoms with Crippen molar-refractivity contribution < 1.29 is 24.4 Å². The monoisotopic (exact) mass is 358 g/mol. The maximum Gasteiger partial charge on any atom is 0.355 e. The van der Waals surface area contributed by atoms with E-state index in [0.29, 0.717) is 23.1 Å². The Morgan fingerprint density at radius 2 is 2.04 bits per heavy atom. The van der Waals surface area contributed by atoms with Crippen LogP contribution in [0.25, 0.3) is 0 Å². The molecule has 0 aliphatic carbocycles. The number of nitro groups is 1. The van der Waals surface area contributed by atoms with Gasteiger partial charge in [0, 0.05) is 17.7 Å². The number of esters is 1. The number of non-ortho nitro benzene ring substituents is 1. The lowest BCUT2D eigenvalue weighted by molar-refractivity contribution is -0.384. The highest BCUT2D eigenvalue weighted by atomic mass is 16.6. The Bertz CT molecular complexity index is 853. The van der Waals surface area contributed by atoms with E-state index in [4.69, 9.17) is 4.74 Å². The molecule has 1 amide bonds. The molecule has 0 bridgehead atoms. The van der Waals surface area contributed by atoms with Crippen molar-refractivity contribution in [3.8, 4) is 0 Å². The van der Waals surface area contributed by atoms with E-state index in [1.807, 2.05) is 0 Å². The molecule has 2 aliphatic rings. The van der Waals surface area contributed by atoms with Crippen molar-refractivity contribution in [1.29, 1.82) is 0 Å². The summed E-state index contributed by atoms with van der Waals surface area (Å²) < 4.78 is 5.28. The zero-order valence-corrected chi connectivity index (χ0v) is 14.4. The van der Waals surface area contributed by atoms with E-state index in [1.165, 1.54) is 29.2 Å². The number of hydrogen-bond acceptors (Lipinski definition) is 6. The molecular formula is C18H18N2O6. The molecular weight excluding hydrogens is 340 g/mol. The second kappa shape index (κ2) is 6.72. The van der Waals surface area contributed by atoms with Gasteiger partial charge in [0.15, 0.2) is 0 Å². The van der Waals surface area contributed by atoms with Crippen LogP contribution >= 0.6 is 0 Å². The quantitative estimate of drug-likeness (QED) is 0.283. The molecule has 0 spiro atoms. The summed E-state index contributed by atoms with van der Waals surface area (Å²) in [4.78, 5) is 36.3. The van der Waals surface area contributed by atoms with Crippen molar-refractivity contribution >= 4 is 17.6 Å². The molecule has 3 rings (SSSR count). The predicted molar refractivity (Wildman–Crippen MR) is 90.6 cm³/mol. The first-order valence-electron chi connectivity index (χ1n) is 8.09. The fourth-order valence-electron chi connectivity index (χ4n) is 3.28. The zero-order valence-electron chi connectivity index (χ0n) is 14.4. The van der Waals surface area contributed by atoms with Crippen LogP contribution in [-0.4, -0.2) is 39.5 Å². The molecule has 2 heterocycles. The van der Waals surface area contributed by atoms with E-state index >= 15 is 0 Å². The molecule has 8 nitrogen and oxygen atoms in total. The second-order valence-corrected chi connectivity index (χ2v) is 6.38. The summed E-state index contributed by atoms with van der Waals surface area (Å²) in [6, 6.07) is 5.51. The molecule has 1 fully saturated rings. The third kappa shape index (κ3) is 2.88. The number of ether oxygens (including phenoxy) is 1. The van der Waals surface area contributed by atoms with Gasteiger partial charge in [0.2, 0.25) is 0 Å². The maximum atomic E-state index is 12.4. The zero-order chi connectivity index (χ0) is 19.0. The molecule has 0 saturated carbocycles. The van der Waals surface area contributed by atoms with Gasteiger partial charge in [-0.3, -0.25) is 19.8 Å². The van der Waals surface area contributed by atoms with E-state index in [2.05, 4.69) is 0 Å². The number of β-lactam (4-membered cyclic amide) rings is 1. The Balaban J connectivity index is 1.68. The molecule has 8 heteroatoms. The molecule has 1 aromatic rings. The lowest BCUT2D eigenvalue weighted by atomic mass is 9.90. The van der Waals surface area contributed by atoms with Gasteiger partial charge in [0.25, 0.3) is 11.6 Å². The predicted octanol–water partition coefficient (Wildman–Crippen LogP) is 1.84. The largest absolute Gasteiger partial charge is 0.456 e. The van der Waals surface area contributed by atoms with Gasteiger partial charge in [-0.1, -0.05) is 0 Å². The standard InChI is InChI=1S/C18H18N2O6/c1-10-7-14-15(11(2)8-21)17(22)19(14)16(10)18(23)26-9-12-3-5-13(6-4-12)20(24)25/h3-6,14,21H,7-9H2,1-2H3/b15-11+. The molecule has 0 aromatic heterocycles. The lowest BCUT2D eigenvalue weighted by Crippen LogP contribution is -2.53. The van der Waals surface area contributed by atoms with Crippen LogP contribution < -0.4 is 0 Å². The number of aliphatic hydroxyl groups excluding tert-OH is 1. The fourth-order valence-corrected chi connectivity index (χ4v) is 3.28. The lowest BCUT2D eigenvalue weighted by Gasteiger charge is -2.39. The highest BCUT2D eigenvalue weighted by Crippen LogP contribution is 2.43. The molecule has 1 N–H and O–H groups in total. The summed E-state index contributed by atoms with van der Waals surface area (Å²) in [5.41, 5.74) is 2.76. The van der Waals surface area contributed by atoms with Crippen molar-refractivity contribution in [2.45, 2.75) is 32.9 Å². The molecule has 1 saturated heterocycles. The van der Waals surface area contributed by atoms with E-state index < -0.39 is 10.9 Å². The van der Waals surface area contributed by atoms with Gasteiger partial charge in [-0.25, -0.2) is 4.79 Å². The van der Waals surface area contributed by atoms with Gasteiger partial charge in [-0.2, -0.15) is 0 Å². The number of nitro benzene ring substituents is 1. The van der Waals surface area contributed by atoms with Crippen LogP contribution in [-0.2, 0) is 20.9 Å². The van der Waals surface area contributed by atoms with Crippen molar-refractivity contribution in [3.05, 3.63) is 62.4 Å². The van der Waals surface area contributed by atoms with E-state index in [0.717, 1.165) is 5.57 Å². The Kier molecular flexibility index (Phi) is 4.60. The average molecular weight is 358 g/mol.